The standard InChI is InChI=1S/C10H16O2/c1-7(2)10(9(11)12)5-4-8(3)6-10/h4-5,7-8H,6H2,1-3H3,(H,11,12)/t8-,10+/m1/s1. The average molecular weight is 168 g/mol. The molecule has 0 aromatic heterocycles. The fourth-order valence-corrected chi connectivity index (χ4v) is 1.84. The van der Waals surface area contributed by atoms with Crippen molar-refractivity contribution in [3.63, 3.8) is 0 Å². The third-order valence-electron chi connectivity index (χ3n) is 2.81. The summed E-state index contributed by atoms with van der Waals surface area (Å²) < 4.78 is 0. The second-order valence-electron chi connectivity index (χ2n) is 4.04. The highest BCUT2D eigenvalue weighted by Crippen LogP contribution is 2.41. The van der Waals surface area contributed by atoms with Gasteiger partial charge in [-0.05, 0) is 18.3 Å². The van der Waals surface area contributed by atoms with E-state index in [2.05, 4.69) is 6.92 Å². The van der Waals surface area contributed by atoms with Crippen LogP contribution in [0.5, 0.6) is 0 Å². The molecule has 0 aromatic rings. The Balaban J connectivity index is 2.91. The van der Waals surface area contributed by atoms with E-state index in [1.54, 1.807) is 0 Å². The van der Waals surface area contributed by atoms with Gasteiger partial charge in [-0.1, -0.05) is 32.9 Å². The fraction of sp³-hybridized carbons (Fsp3) is 0.700. The highest BCUT2D eigenvalue weighted by atomic mass is 16.4. The summed E-state index contributed by atoms with van der Waals surface area (Å²) in [6.07, 6.45) is 4.62. The first-order valence-corrected chi connectivity index (χ1v) is 4.42. The third kappa shape index (κ3) is 1.26. The van der Waals surface area contributed by atoms with Crippen molar-refractivity contribution in [3.05, 3.63) is 12.2 Å². The SMILES string of the molecule is CC(C)[C@]1(C(=O)O)C=C[C@@H](C)C1. The normalized spacial score (nSPS) is 34.5. The van der Waals surface area contributed by atoms with Crippen molar-refractivity contribution in [2.75, 3.05) is 0 Å². The molecule has 1 aliphatic rings. The van der Waals surface area contributed by atoms with Gasteiger partial charge >= 0.3 is 5.97 Å². The second kappa shape index (κ2) is 2.92. The van der Waals surface area contributed by atoms with E-state index >= 15 is 0 Å². The van der Waals surface area contributed by atoms with E-state index in [1.807, 2.05) is 26.0 Å². The molecule has 1 aliphatic carbocycles. The van der Waals surface area contributed by atoms with Crippen LogP contribution in [0.3, 0.4) is 0 Å². The Morgan fingerprint density at radius 2 is 2.25 bits per heavy atom. The predicted molar refractivity (Wildman–Crippen MR) is 47.8 cm³/mol. The van der Waals surface area contributed by atoms with Crippen LogP contribution < -0.4 is 0 Å². The molecule has 0 heterocycles. The van der Waals surface area contributed by atoms with Gasteiger partial charge in [0.25, 0.3) is 0 Å². The number of aliphatic carboxylic acids is 1. The zero-order valence-electron chi connectivity index (χ0n) is 7.87. The Hall–Kier alpha value is -0.790. The number of carboxylic acid groups (broad SMARTS) is 1. The summed E-state index contributed by atoms with van der Waals surface area (Å²) >= 11 is 0. The monoisotopic (exact) mass is 168 g/mol. The topological polar surface area (TPSA) is 37.3 Å². The summed E-state index contributed by atoms with van der Waals surface area (Å²) in [5, 5.41) is 9.10. The molecule has 2 atom stereocenters. The lowest BCUT2D eigenvalue weighted by molar-refractivity contribution is -0.148. The summed E-state index contributed by atoms with van der Waals surface area (Å²) in [7, 11) is 0. The number of rotatable bonds is 2. The molecular weight excluding hydrogens is 152 g/mol. The van der Waals surface area contributed by atoms with Gasteiger partial charge in [0, 0.05) is 0 Å². The molecule has 0 saturated carbocycles. The van der Waals surface area contributed by atoms with E-state index in [4.69, 9.17) is 5.11 Å². The maximum absolute atomic E-state index is 11.1. The molecular formula is C10H16O2. The van der Waals surface area contributed by atoms with Crippen LogP contribution >= 0.6 is 0 Å². The fourth-order valence-electron chi connectivity index (χ4n) is 1.84. The van der Waals surface area contributed by atoms with Crippen LogP contribution in [0.25, 0.3) is 0 Å². The van der Waals surface area contributed by atoms with Crippen molar-refractivity contribution in [1.82, 2.24) is 0 Å². The molecule has 1 rings (SSSR count). The first-order chi connectivity index (χ1) is 5.49. The minimum atomic E-state index is -0.682. The minimum absolute atomic E-state index is 0.177. The van der Waals surface area contributed by atoms with Gasteiger partial charge in [-0.15, -0.1) is 0 Å². The molecule has 0 aliphatic heterocycles. The van der Waals surface area contributed by atoms with Gasteiger partial charge in [0.05, 0.1) is 5.41 Å². The molecule has 2 nitrogen and oxygen atoms in total. The van der Waals surface area contributed by atoms with Gasteiger partial charge < -0.3 is 5.11 Å². The van der Waals surface area contributed by atoms with E-state index < -0.39 is 11.4 Å². The minimum Gasteiger partial charge on any atom is -0.481 e. The quantitative estimate of drug-likeness (QED) is 0.642. The molecule has 0 spiro atoms. The van der Waals surface area contributed by atoms with E-state index in [9.17, 15) is 4.79 Å². The van der Waals surface area contributed by atoms with Crippen LogP contribution in [-0.2, 0) is 4.79 Å². The summed E-state index contributed by atoms with van der Waals surface area (Å²) in [5.74, 6) is -0.0993. The van der Waals surface area contributed by atoms with Crippen LogP contribution in [0, 0.1) is 17.3 Å². The van der Waals surface area contributed by atoms with Crippen LogP contribution in [0.4, 0.5) is 0 Å². The zero-order valence-corrected chi connectivity index (χ0v) is 7.87. The van der Waals surface area contributed by atoms with E-state index in [-0.39, 0.29) is 5.92 Å². The number of carboxylic acids is 1. The van der Waals surface area contributed by atoms with Gasteiger partial charge in [0.15, 0.2) is 0 Å². The third-order valence-corrected chi connectivity index (χ3v) is 2.81. The van der Waals surface area contributed by atoms with Crippen molar-refractivity contribution in [2.45, 2.75) is 27.2 Å². The first-order valence-electron chi connectivity index (χ1n) is 4.42. The van der Waals surface area contributed by atoms with Crippen molar-refractivity contribution < 1.29 is 9.90 Å². The van der Waals surface area contributed by atoms with Gasteiger partial charge in [-0.25, -0.2) is 0 Å². The Bertz CT molecular complexity index is 218. The Morgan fingerprint density at radius 3 is 2.42 bits per heavy atom. The summed E-state index contributed by atoms with van der Waals surface area (Å²) in [6.45, 7) is 6.00. The largest absolute Gasteiger partial charge is 0.481 e. The number of hydrogen-bond donors (Lipinski definition) is 1. The summed E-state index contributed by atoms with van der Waals surface area (Å²) in [5.41, 5.74) is -0.598. The van der Waals surface area contributed by atoms with Crippen molar-refractivity contribution in [3.8, 4) is 0 Å². The van der Waals surface area contributed by atoms with Crippen LogP contribution in [0.1, 0.15) is 27.2 Å². The maximum Gasteiger partial charge on any atom is 0.313 e. The Labute approximate surface area is 73.3 Å². The van der Waals surface area contributed by atoms with Gasteiger partial charge in [-0.3, -0.25) is 4.79 Å². The zero-order chi connectivity index (χ0) is 9.35. The first kappa shape index (κ1) is 9.30. The molecule has 0 amide bonds. The molecule has 0 fully saturated rings. The summed E-state index contributed by atoms with van der Waals surface area (Å²) in [6, 6.07) is 0. The van der Waals surface area contributed by atoms with Crippen LogP contribution in [0.2, 0.25) is 0 Å². The average Bonchev–Trinajstić information content (AvgIpc) is 2.32. The molecule has 0 unspecified atom stereocenters. The number of hydrogen-bond acceptors (Lipinski definition) is 1. The summed E-state index contributed by atoms with van der Waals surface area (Å²) in [4.78, 5) is 11.1. The predicted octanol–water partition coefficient (Wildman–Crippen LogP) is 2.31. The highest BCUT2D eigenvalue weighted by Gasteiger charge is 2.42. The Kier molecular flexibility index (Phi) is 2.27. The molecule has 1 N–H and O–H groups in total. The molecule has 0 bridgehead atoms. The number of allylic oxidation sites excluding steroid dienone is 1. The van der Waals surface area contributed by atoms with E-state index in [1.165, 1.54) is 0 Å². The van der Waals surface area contributed by atoms with Crippen LogP contribution in [-0.4, -0.2) is 11.1 Å². The van der Waals surface area contributed by atoms with Gasteiger partial charge in [-0.2, -0.15) is 0 Å². The molecule has 0 saturated heterocycles. The lowest BCUT2D eigenvalue weighted by Gasteiger charge is -2.27. The maximum atomic E-state index is 11.1. The molecule has 0 aromatic carbocycles. The lowest BCUT2D eigenvalue weighted by atomic mass is 9.76. The smallest absolute Gasteiger partial charge is 0.313 e. The van der Waals surface area contributed by atoms with Crippen molar-refractivity contribution in [1.29, 1.82) is 0 Å². The highest BCUT2D eigenvalue weighted by molar-refractivity contribution is 5.78. The molecule has 68 valence electrons. The number of carbonyl (C=O) groups is 1. The van der Waals surface area contributed by atoms with Crippen LogP contribution in [0.15, 0.2) is 12.2 Å². The van der Waals surface area contributed by atoms with E-state index in [0.717, 1.165) is 6.42 Å². The van der Waals surface area contributed by atoms with Gasteiger partial charge in [0.1, 0.15) is 0 Å². The molecule has 2 heteroatoms. The van der Waals surface area contributed by atoms with E-state index in [0.29, 0.717) is 5.92 Å². The van der Waals surface area contributed by atoms with Crippen molar-refractivity contribution >= 4 is 5.97 Å². The van der Waals surface area contributed by atoms with Crippen molar-refractivity contribution in [2.24, 2.45) is 17.3 Å². The lowest BCUT2D eigenvalue weighted by Crippen LogP contribution is -2.33. The Morgan fingerprint density at radius 1 is 1.67 bits per heavy atom. The van der Waals surface area contributed by atoms with Gasteiger partial charge in [0.2, 0.25) is 0 Å². The molecule has 12 heavy (non-hydrogen) atoms. The molecule has 0 radical (unpaired) electrons. The second-order valence-corrected chi connectivity index (χ2v) is 4.04.